The maximum atomic E-state index is 11.9. The van der Waals surface area contributed by atoms with Gasteiger partial charge in [-0.05, 0) is 25.7 Å². The third-order valence-corrected chi connectivity index (χ3v) is 3.81. The molecule has 0 radical (unpaired) electrons. The number of rotatable bonds is 4. The second-order valence-corrected chi connectivity index (χ2v) is 5.30. The highest BCUT2D eigenvalue weighted by Crippen LogP contribution is 2.14. The summed E-state index contributed by atoms with van der Waals surface area (Å²) in [5, 5.41) is 12.0. The maximum Gasteiger partial charge on any atom is 0.307 e. The summed E-state index contributed by atoms with van der Waals surface area (Å²) in [5.41, 5.74) is 0. The predicted molar refractivity (Wildman–Crippen MR) is 68.8 cm³/mol. The van der Waals surface area contributed by atoms with E-state index in [1.165, 1.54) is 6.42 Å². The van der Waals surface area contributed by atoms with E-state index in [1.807, 2.05) is 4.90 Å². The number of carbonyl (C=O) groups is 2. The molecule has 0 saturated carbocycles. The van der Waals surface area contributed by atoms with Gasteiger partial charge in [0.2, 0.25) is 5.91 Å². The molecule has 2 unspecified atom stereocenters. The lowest BCUT2D eigenvalue weighted by Crippen LogP contribution is -2.45. The van der Waals surface area contributed by atoms with Crippen LogP contribution in [0.15, 0.2) is 0 Å². The number of likely N-dealkylation sites (tertiary alicyclic amines) is 1. The van der Waals surface area contributed by atoms with Crippen molar-refractivity contribution in [3.05, 3.63) is 0 Å². The number of piperidine rings is 2. The molecule has 2 atom stereocenters. The van der Waals surface area contributed by atoms with Gasteiger partial charge in [-0.1, -0.05) is 0 Å². The van der Waals surface area contributed by atoms with E-state index < -0.39 is 11.9 Å². The van der Waals surface area contributed by atoms with E-state index in [1.54, 1.807) is 0 Å². The lowest BCUT2D eigenvalue weighted by atomic mass is 9.98. The molecule has 0 aromatic carbocycles. The van der Waals surface area contributed by atoms with Crippen molar-refractivity contribution in [2.45, 2.75) is 31.8 Å². The lowest BCUT2D eigenvalue weighted by molar-refractivity contribution is -0.145. The van der Waals surface area contributed by atoms with Gasteiger partial charge in [0, 0.05) is 26.2 Å². The molecule has 2 N–H and O–H groups in total. The summed E-state index contributed by atoms with van der Waals surface area (Å²) < 4.78 is 5.56. The van der Waals surface area contributed by atoms with Gasteiger partial charge in [-0.25, -0.2) is 0 Å². The fourth-order valence-electron chi connectivity index (χ4n) is 2.64. The third kappa shape index (κ3) is 4.18. The van der Waals surface area contributed by atoms with Crippen molar-refractivity contribution in [2.24, 2.45) is 5.92 Å². The van der Waals surface area contributed by atoms with Crippen molar-refractivity contribution in [2.75, 3.05) is 32.8 Å². The highest BCUT2D eigenvalue weighted by molar-refractivity contribution is 5.77. The van der Waals surface area contributed by atoms with Crippen LogP contribution in [0.3, 0.4) is 0 Å². The number of nitrogens with one attached hydrogen (secondary N) is 1. The number of hydrogen-bond acceptors (Lipinski definition) is 4. The van der Waals surface area contributed by atoms with Gasteiger partial charge in [0.05, 0.1) is 12.0 Å². The fraction of sp³-hybridized carbons (Fsp3) is 0.846. The minimum atomic E-state index is -0.803. The van der Waals surface area contributed by atoms with E-state index >= 15 is 0 Å². The zero-order valence-corrected chi connectivity index (χ0v) is 11.1. The largest absolute Gasteiger partial charge is 0.481 e. The summed E-state index contributed by atoms with van der Waals surface area (Å²) in [5.74, 6) is -1.19. The first-order chi connectivity index (χ1) is 9.16. The van der Waals surface area contributed by atoms with Crippen molar-refractivity contribution in [1.29, 1.82) is 0 Å². The van der Waals surface area contributed by atoms with E-state index in [0.717, 1.165) is 25.9 Å². The lowest BCUT2D eigenvalue weighted by Gasteiger charge is -2.30. The number of carboxylic acid groups (broad SMARTS) is 1. The van der Waals surface area contributed by atoms with E-state index in [9.17, 15) is 9.59 Å². The molecule has 0 aromatic heterocycles. The number of aliphatic carboxylic acids is 1. The molecule has 0 spiro atoms. The Morgan fingerprint density at radius 3 is 2.63 bits per heavy atom. The van der Waals surface area contributed by atoms with E-state index in [0.29, 0.717) is 19.5 Å². The first-order valence-corrected chi connectivity index (χ1v) is 6.99. The van der Waals surface area contributed by atoms with Crippen LogP contribution in [0.5, 0.6) is 0 Å². The van der Waals surface area contributed by atoms with Gasteiger partial charge < -0.3 is 20.1 Å². The van der Waals surface area contributed by atoms with Crippen molar-refractivity contribution >= 4 is 11.9 Å². The highest BCUT2D eigenvalue weighted by Gasteiger charge is 2.28. The summed E-state index contributed by atoms with van der Waals surface area (Å²) in [4.78, 5) is 24.7. The molecule has 2 aliphatic heterocycles. The van der Waals surface area contributed by atoms with Gasteiger partial charge in [-0.3, -0.25) is 9.59 Å². The number of nitrogens with zero attached hydrogens (tertiary/aromatic N) is 1. The van der Waals surface area contributed by atoms with E-state index in [2.05, 4.69) is 5.32 Å². The molecular weight excluding hydrogens is 248 g/mol. The van der Waals surface area contributed by atoms with Gasteiger partial charge in [-0.15, -0.1) is 0 Å². The van der Waals surface area contributed by atoms with Crippen LogP contribution in [0.4, 0.5) is 0 Å². The number of amides is 1. The molecule has 0 aliphatic carbocycles. The highest BCUT2D eigenvalue weighted by atomic mass is 16.5. The molecular formula is C13H22N2O4. The molecule has 108 valence electrons. The quantitative estimate of drug-likeness (QED) is 0.756. The molecule has 2 aliphatic rings. The standard InChI is InChI=1S/C13H22N2O4/c16-12(15-4-2-1-3-5-15)9-19-11-6-10(13(17)18)7-14-8-11/h10-11,14H,1-9H2,(H,17,18). The minimum Gasteiger partial charge on any atom is -0.481 e. The molecule has 19 heavy (non-hydrogen) atoms. The Bertz CT molecular complexity index is 329. The van der Waals surface area contributed by atoms with Gasteiger partial charge in [-0.2, -0.15) is 0 Å². The molecule has 0 bridgehead atoms. The van der Waals surface area contributed by atoms with Crippen molar-refractivity contribution in [3.8, 4) is 0 Å². The van der Waals surface area contributed by atoms with Gasteiger partial charge >= 0.3 is 5.97 Å². The van der Waals surface area contributed by atoms with Crippen LogP contribution >= 0.6 is 0 Å². The smallest absolute Gasteiger partial charge is 0.307 e. The predicted octanol–water partition coefficient (Wildman–Crippen LogP) is 0.0782. The Labute approximate surface area is 113 Å². The first-order valence-electron chi connectivity index (χ1n) is 6.99. The fourth-order valence-corrected chi connectivity index (χ4v) is 2.64. The Morgan fingerprint density at radius 1 is 1.21 bits per heavy atom. The SMILES string of the molecule is O=C(O)C1CNCC(OCC(=O)N2CCCCC2)C1. The van der Waals surface area contributed by atoms with E-state index in [-0.39, 0.29) is 18.6 Å². The average molecular weight is 270 g/mol. The van der Waals surface area contributed by atoms with Crippen LogP contribution in [0.1, 0.15) is 25.7 Å². The summed E-state index contributed by atoms with van der Waals surface area (Å²) in [6.45, 7) is 2.82. The summed E-state index contributed by atoms with van der Waals surface area (Å²) in [6.07, 6.45) is 3.63. The van der Waals surface area contributed by atoms with Crippen LogP contribution in [0, 0.1) is 5.92 Å². The molecule has 2 rings (SSSR count). The Morgan fingerprint density at radius 2 is 1.95 bits per heavy atom. The molecule has 0 aromatic rings. The number of ether oxygens (including phenoxy) is 1. The normalized spacial score (nSPS) is 28.1. The van der Waals surface area contributed by atoms with Gasteiger partial charge in [0.15, 0.2) is 0 Å². The molecule has 2 fully saturated rings. The van der Waals surface area contributed by atoms with Crippen molar-refractivity contribution in [3.63, 3.8) is 0 Å². The second-order valence-electron chi connectivity index (χ2n) is 5.30. The van der Waals surface area contributed by atoms with Crippen LogP contribution in [-0.4, -0.2) is 60.8 Å². The minimum absolute atomic E-state index is 0.0251. The Hall–Kier alpha value is -1.14. The summed E-state index contributed by atoms with van der Waals surface area (Å²) in [7, 11) is 0. The van der Waals surface area contributed by atoms with Crippen LogP contribution in [0.25, 0.3) is 0 Å². The average Bonchev–Trinajstić information content (AvgIpc) is 2.46. The molecule has 6 heteroatoms. The third-order valence-electron chi connectivity index (χ3n) is 3.81. The molecule has 1 amide bonds. The first kappa shape index (κ1) is 14.3. The van der Waals surface area contributed by atoms with Crippen LogP contribution in [-0.2, 0) is 14.3 Å². The molecule has 2 heterocycles. The van der Waals surface area contributed by atoms with Crippen molar-refractivity contribution < 1.29 is 19.4 Å². The zero-order valence-electron chi connectivity index (χ0n) is 11.1. The molecule has 2 saturated heterocycles. The summed E-state index contributed by atoms with van der Waals surface area (Å²) in [6, 6.07) is 0. The monoisotopic (exact) mass is 270 g/mol. The van der Waals surface area contributed by atoms with Crippen LogP contribution < -0.4 is 5.32 Å². The maximum absolute atomic E-state index is 11.9. The van der Waals surface area contributed by atoms with Gasteiger partial charge in [0.25, 0.3) is 0 Å². The Balaban J connectivity index is 1.72. The topological polar surface area (TPSA) is 78.9 Å². The zero-order chi connectivity index (χ0) is 13.7. The number of carbonyl (C=O) groups excluding carboxylic acids is 1. The summed E-state index contributed by atoms with van der Waals surface area (Å²) >= 11 is 0. The van der Waals surface area contributed by atoms with E-state index in [4.69, 9.17) is 9.84 Å². The Kier molecular flexibility index (Phi) is 5.15. The van der Waals surface area contributed by atoms with Crippen LogP contribution in [0.2, 0.25) is 0 Å². The number of carboxylic acids is 1. The number of hydrogen-bond donors (Lipinski definition) is 2. The van der Waals surface area contributed by atoms with Crippen molar-refractivity contribution in [1.82, 2.24) is 10.2 Å². The second kappa shape index (κ2) is 6.86. The molecule has 6 nitrogen and oxygen atoms in total. The van der Waals surface area contributed by atoms with Gasteiger partial charge in [0.1, 0.15) is 6.61 Å².